The first-order valence-electron chi connectivity index (χ1n) is 17.6. The molecule has 4 atom stereocenters. The molecule has 0 bridgehead atoms. The molecule has 0 unspecified atom stereocenters. The average molecular weight is 729 g/mol. The minimum absolute atomic E-state index is 0.0275. The third-order valence-electron chi connectivity index (χ3n) is 8.52. The number of urea groups is 1. The van der Waals surface area contributed by atoms with Crippen LogP contribution in [-0.2, 0) is 40.9 Å². The standard InChI is InChI=1S/C40H52N6O5S/c1-27(2)35(45-38(49)46(6)24-32-26-52-37(43-32)40(3,4)5)36(48)42-31(20-28-14-9-7-10-15-28)22-34(47)33(21-29-16-11-8-12-17-29)44-39(50)51-25-30-18-13-19-41-23-30/h7-19,23,26-27,31,33-35,47H,20-22,24-25H2,1-6H3,(H,42,48)(H,44,50)(H,45,49)/t31-,33-,34-,35-/m0/s1. The van der Waals surface area contributed by atoms with Crippen LogP contribution in [0.25, 0.3) is 0 Å². The molecule has 4 amide bonds. The molecule has 2 aromatic heterocycles. The van der Waals surface area contributed by atoms with Gasteiger partial charge in [-0.15, -0.1) is 11.3 Å². The lowest BCUT2D eigenvalue weighted by Gasteiger charge is -2.30. The number of nitrogens with zero attached hydrogens (tertiary/aromatic N) is 3. The summed E-state index contributed by atoms with van der Waals surface area (Å²) in [4.78, 5) is 50.5. The molecule has 2 aromatic carbocycles. The topological polar surface area (TPSA) is 146 Å². The van der Waals surface area contributed by atoms with Gasteiger partial charge in [-0.1, -0.05) is 101 Å². The maximum atomic E-state index is 13.9. The molecule has 0 spiro atoms. The number of amides is 4. The van der Waals surface area contributed by atoms with Gasteiger partial charge in [0.2, 0.25) is 5.91 Å². The van der Waals surface area contributed by atoms with Crippen molar-refractivity contribution in [2.75, 3.05) is 7.05 Å². The van der Waals surface area contributed by atoms with Crippen LogP contribution in [0.2, 0.25) is 0 Å². The molecule has 52 heavy (non-hydrogen) atoms. The average Bonchev–Trinajstić information content (AvgIpc) is 3.60. The van der Waals surface area contributed by atoms with Gasteiger partial charge >= 0.3 is 12.1 Å². The van der Waals surface area contributed by atoms with Crippen molar-refractivity contribution >= 4 is 29.4 Å². The van der Waals surface area contributed by atoms with E-state index in [4.69, 9.17) is 9.72 Å². The second kappa shape index (κ2) is 19.1. The van der Waals surface area contributed by atoms with Gasteiger partial charge in [-0.25, -0.2) is 14.6 Å². The Bertz CT molecular complexity index is 1700. The van der Waals surface area contributed by atoms with Gasteiger partial charge in [-0.05, 0) is 42.4 Å². The number of hydrogen-bond donors (Lipinski definition) is 4. The van der Waals surface area contributed by atoms with Crippen LogP contribution < -0.4 is 16.0 Å². The summed E-state index contributed by atoms with van der Waals surface area (Å²) in [5.74, 6) is -0.592. The molecule has 4 rings (SSSR count). The molecule has 2 heterocycles. The number of pyridine rings is 1. The zero-order chi connectivity index (χ0) is 37.7. The van der Waals surface area contributed by atoms with Crippen molar-refractivity contribution < 1.29 is 24.2 Å². The molecule has 0 aliphatic rings. The zero-order valence-corrected chi connectivity index (χ0v) is 31.7. The van der Waals surface area contributed by atoms with Crippen molar-refractivity contribution in [3.8, 4) is 0 Å². The number of aliphatic hydroxyl groups is 1. The minimum atomic E-state index is -1.06. The molecule has 11 nitrogen and oxygen atoms in total. The van der Waals surface area contributed by atoms with Crippen LogP contribution in [0.1, 0.15) is 68.4 Å². The van der Waals surface area contributed by atoms with Crippen molar-refractivity contribution in [1.82, 2.24) is 30.8 Å². The van der Waals surface area contributed by atoms with Crippen LogP contribution in [0.3, 0.4) is 0 Å². The smallest absolute Gasteiger partial charge is 0.407 e. The Balaban J connectivity index is 1.47. The van der Waals surface area contributed by atoms with Crippen molar-refractivity contribution in [2.24, 2.45) is 5.92 Å². The highest BCUT2D eigenvalue weighted by atomic mass is 32.1. The summed E-state index contributed by atoms with van der Waals surface area (Å²) in [5.41, 5.74) is 3.32. The summed E-state index contributed by atoms with van der Waals surface area (Å²) < 4.78 is 5.46. The number of aromatic nitrogens is 2. The van der Waals surface area contributed by atoms with E-state index in [1.807, 2.05) is 86.0 Å². The monoisotopic (exact) mass is 728 g/mol. The summed E-state index contributed by atoms with van der Waals surface area (Å²) in [6, 6.07) is 20.3. The fraction of sp³-hybridized carbons (Fsp3) is 0.425. The molecular weight excluding hydrogens is 677 g/mol. The summed E-state index contributed by atoms with van der Waals surface area (Å²) in [7, 11) is 1.68. The predicted octanol–water partition coefficient (Wildman–Crippen LogP) is 6.02. The van der Waals surface area contributed by atoms with E-state index < -0.39 is 36.4 Å². The highest BCUT2D eigenvalue weighted by Crippen LogP contribution is 2.26. The van der Waals surface area contributed by atoms with Gasteiger partial charge in [-0.2, -0.15) is 0 Å². The van der Waals surface area contributed by atoms with Gasteiger partial charge in [0, 0.05) is 41.8 Å². The van der Waals surface area contributed by atoms with E-state index in [1.165, 1.54) is 4.90 Å². The SMILES string of the molecule is CC(C)[C@H](NC(=O)N(C)Cc1csc(C(C)(C)C)n1)C(=O)N[C@@H](Cc1ccccc1)C[C@H](O)[C@H](Cc1ccccc1)NC(=O)OCc1cccnc1. The Hall–Kier alpha value is -4.81. The third kappa shape index (κ3) is 12.8. The summed E-state index contributed by atoms with van der Waals surface area (Å²) in [6.07, 6.45) is 2.41. The Morgan fingerprint density at radius 1 is 0.885 bits per heavy atom. The van der Waals surface area contributed by atoms with Gasteiger partial charge in [0.15, 0.2) is 0 Å². The number of thiazole rings is 1. The van der Waals surface area contributed by atoms with Crippen LogP contribution in [0.15, 0.2) is 90.6 Å². The Morgan fingerprint density at radius 3 is 2.10 bits per heavy atom. The zero-order valence-electron chi connectivity index (χ0n) is 30.9. The van der Waals surface area contributed by atoms with Gasteiger partial charge < -0.3 is 30.7 Å². The summed E-state index contributed by atoms with van der Waals surface area (Å²) >= 11 is 1.57. The Kier molecular flexibility index (Phi) is 14.7. The van der Waals surface area contributed by atoms with Crippen LogP contribution in [-0.4, -0.2) is 69.3 Å². The largest absolute Gasteiger partial charge is 0.445 e. The molecule has 0 fully saturated rings. The number of rotatable bonds is 16. The molecule has 12 heteroatoms. The molecular formula is C40H52N6O5S. The number of nitrogens with one attached hydrogen (secondary N) is 3. The number of ether oxygens (including phenoxy) is 1. The molecule has 0 saturated heterocycles. The van der Waals surface area contributed by atoms with Crippen molar-refractivity contribution in [2.45, 2.75) is 96.7 Å². The second-order valence-electron chi connectivity index (χ2n) is 14.5. The number of benzene rings is 2. The number of alkyl carbamates (subject to hydrolysis) is 1. The van der Waals surface area contributed by atoms with Crippen molar-refractivity contribution in [1.29, 1.82) is 0 Å². The molecule has 4 aromatic rings. The molecule has 0 aliphatic carbocycles. The van der Waals surface area contributed by atoms with E-state index in [1.54, 1.807) is 36.8 Å². The van der Waals surface area contributed by atoms with E-state index in [0.29, 0.717) is 19.4 Å². The minimum Gasteiger partial charge on any atom is -0.445 e. The predicted molar refractivity (Wildman–Crippen MR) is 204 cm³/mol. The van der Waals surface area contributed by atoms with Crippen LogP contribution in [0, 0.1) is 5.92 Å². The van der Waals surface area contributed by atoms with Gasteiger partial charge in [0.05, 0.1) is 29.4 Å². The quantitative estimate of drug-likeness (QED) is 0.110. The number of carbonyl (C=O) groups is 3. The normalized spacial score (nSPS) is 13.8. The van der Waals surface area contributed by atoms with E-state index in [0.717, 1.165) is 27.4 Å². The van der Waals surface area contributed by atoms with Crippen molar-refractivity contribution in [3.63, 3.8) is 0 Å². The lowest BCUT2D eigenvalue weighted by molar-refractivity contribution is -0.124. The molecule has 0 saturated carbocycles. The molecule has 0 radical (unpaired) electrons. The summed E-state index contributed by atoms with van der Waals surface area (Å²) in [6.45, 7) is 10.4. The fourth-order valence-corrected chi connectivity index (χ4v) is 6.53. The highest BCUT2D eigenvalue weighted by molar-refractivity contribution is 7.09. The summed E-state index contributed by atoms with van der Waals surface area (Å²) in [5, 5.41) is 23.5. The lowest BCUT2D eigenvalue weighted by atomic mass is 9.93. The lowest BCUT2D eigenvalue weighted by Crippen LogP contribution is -2.55. The van der Waals surface area contributed by atoms with Crippen LogP contribution in [0.4, 0.5) is 9.59 Å². The highest BCUT2D eigenvalue weighted by Gasteiger charge is 2.31. The molecule has 0 aliphatic heterocycles. The van der Waals surface area contributed by atoms with Gasteiger partial charge in [0.25, 0.3) is 0 Å². The Labute approximate surface area is 311 Å². The van der Waals surface area contributed by atoms with Gasteiger partial charge in [0.1, 0.15) is 12.6 Å². The number of carbonyl (C=O) groups excluding carboxylic acids is 3. The first-order chi connectivity index (χ1) is 24.8. The fourth-order valence-electron chi connectivity index (χ4n) is 5.63. The van der Waals surface area contributed by atoms with Crippen molar-refractivity contribution in [3.05, 3.63) is 118 Å². The van der Waals surface area contributed by atoms with Crippen LogP contribution in [0.5, 0.6) is 0 Å². The van der Waals surface area contributed by atoms with E-state index in [9.17, 15) is 19.5 Å². The third-order valence-corrected chi connectivity index (χ3v) is 9.84. The maximum absolute atomic E-state index is 13.9. The Morgan fingerprint density at radius 2 is 1.52 bits per heavy atom. The van der Waals surface area contributed by atoms with E-state index >= 15 is 0 Å². The second-order valence-corrected chi connectivity index (χ2v) is 15.4. The molecule has 4 N–H and O–H groups in total. The first kappa shape index (κ1) is 40.0. The number of hydrogen-bond acceptors (Lipinski definition) is 8. The van der Waals surface area contributed by atoms with Crippen LogP contribution >= 0.6 is 11.3 Å². The van der Waals surface area contributed by atoms with E-state index in [2.05, 4.69) is 41.7 Å². The molecule has 278 valence electrons. The number of aliphatic hydroxyl groups excluding tert-OH is 1. The van der Waals surface area contributed by atoms with E-state index in [-0.39, 0.29) is 30.3 Å². The maximum Gasteiger partial charge on any atom is 0.407 e. The van der Waals surface area contributed by atoms with Gasteiger partial charge in [-0.3, -0.25) is 9.78 Å². The first-order valence-corrected chi connectivity index (χ1v) is 18.5.